The molecule has 0 bridgehead atoms. The van der Waals surface area contributed by atoms with Gasteiger partial charge in [0.25, 0.3) is 0 Å². The number of nitrogens with zero attached hydrogens (tertiary/aromatic N) is 1. The first-order valence-corrected chi connectivity index (χ1v) is 9.26. The van der Waals surface area contributed by atoms with Crippen molar-refractivity contribution < 1.29 is 14.3 Å². The number of hydrogen-bond donors (Lipinski definition) is 2. The lowest BCUT2D eigenvalue weighted by molar-refractivity contribution is -0.117. The van der Waals surface area contributed by atoms with Gasteiger partial charge in [-0.1, -0.05) is 18.2 Å². The van der Waals surface area contributed by atoms with Crippen LogP contribution in [0.25, 0.3) is 0 Å². The molecule has 1 aliphatic carbocycles. The van der Waals surface area contributed by atoms with E-state index >= 15 is 0 Å². The van der Waals surface area contributed by atoms with Gasteiger partial charge in [-0.2, -0.15) is 0 Å². The number of ether oxygens (including phenoxy) is 1. The minimum absolute atomic E-state index is 0.0157. The number of nitrogens with one attached hydrogen (secondary N) is 2. The maximum absolute atomic E-state index is 12.5. The zero-order valence-electron chi connectivity index (χ0n) is 14.4. The number of fused-ring (bicyclic) bond motifs is 1. The van der Waals surface area contributed by atoms with Crippen molar-refractivity contribution in [2.24, 2.45) is 5.92 Å². The van der Waals surface area contributed by atoms with Gasteiger partial charge < -0.3 is 20.3 Å². The molecule has 2 unspecified atom stereocenters. The Balaban J connectivity index is 1.29. The average Bonchev–Trinajstić information content (AvgIpc) is 3.38. The summed E-state index contributed by atoms with van der Waals surface area (Å²) in [4.78, 5) is 26.5. The van der Waals surface area contributed by atoms with Crippen molar-refractivity contribution in [1.29, 1.82) is 0 Å². The van der Waals surface area contributed by atoms with E-state index in [9.17, 15) is 9.59 Å². The molecule has 134 valence electrons. The van der Waals surface area contributed by atoms with Crippen LogP contribution in [0.4, 0.5) is 10.5 Å². The third-order valence-corrected chi connectivity index (χ3v) is 5.35. The largest absolute Gasteiger partial charge is 0.376 e. The number of hydrogen-bond acceptors (Lipinski definition) is 3. The number of aryl methyl sites for hydroxylation is 1. The van der Waals surface area contributed by atoms with E-state index in [0.717, 1.165) is 24.9 Å². The van der Waals surface area contributed by atoms with E-state index in [0.29, 0.717) is 19.1 Å². The van der Waals surface area contributed by atoms with Gasteiger partial charge in [0.1, 0.15) is 0 Å². The van der Waals surface area contributed by atoms with Gasteiger partial charge in [0.05, 0.1) is 18.7 Å². The van der Waals surface area contributed by atoms with Gasteiger partial charge in [0, 0.05) is 18.8 Å². The Morgan fingerprint density at radius 3 is 2.88 bits per heavy atom. The lowest BCUT2D eigenvalue weighted by atomic mass is 10.0. The topological polar surface area (TPSA) is 70.7 Å². The van der Waals surface area contributed by atoms with Gasteiger partial charge in [-0.3, -0.25) is 4.79 Å². The van der Waals surface area contributed by atoms with E-state index in [2.05, 4.69) is 16.7 Å². The van der Waals surface area contributed by atoms with E-state index in [4.69, 9.17) is 4.74 Å². The number of amides is 3. The Morgan fingerprint density at radius 1 is 1.20 bits per heavy atom. The Labute approximate surface area is 147 Å². The van der Waals surface area contributed by atoms with Crippen LogP contribution in [-0.4, -0.2) is 43.8 Å². The summed E-state index contributed by atoms with van der Waals surface area (Å²) in [6, 6.07) is 7.77. The first kappa shape index (κ1) is 16.4. The van der Waals surface area contributed by atoms with Gasteiger partial charge in [0.15, 0.2) is 0 Å². The molecule has 2 aliphatic heterocycles. The molecule has 6 heteroatoms. The number of carbonyl (C=O) groups is 2. The predicted octanol–water partition coefficient (Wildman–Crippen LogP) is 1.83. The molecule has 25 heavy (non-hydrogen) atoms. The number of urea groups is 1. The number of anilines is 1. The second kappa shape index (κ2) is 7.04. The summed E-state index contributed by atoms with van der Waals surface area (Å²) in [5, 5.41) is 5.70. The highest BCUT2D eigenvalue weighted by Gasteiger charge is 2.41. The fourth-order valence-corrected chi connectivity index (χ4v) is 3.92. The monoisotopic (exact) mass is 343 g/mol. The van der Waals surface area contributed by atoms with Crippen molar-refractivity contribution in [3.63, 3.8) is 0 Å². The van der Waals surface area contributed by atoms with Crippen molar-refractivity contribution in [3.05, 3.63) is 29.8 Å². The normalized spacial score (nSPS) is 25.4. The van der Waals surface area contributed by atoms with Crippen molar-refractivity contribution in [3.8, 4) is 0 Å². The molecule has 1 aromatic rings. The fraction of sp³-hybridized carbons (Fsp3) is 0.579. The summed E-state index contributed by atoms with van der Waals surface area (Å²) in [6.45, 7) is 1.43. The summed E-state index contributed by atoms with van der Waals surface area (Å²) in [7, 11) is 0. The zero-order valence-corrected chi connectivity index (χ0v) is 14.4. The summed E-state index contributed by atoms with van der Waals surface area (Å²) in [6.07, 6.45) is 5.34. The Bertz CT molecular complexity index is 659. The highest BCUT2D eigenvalue weighted by atomic mass is 16.5. The van der Waals surface area contributed by atoms with Gasteiger partial charge in [0.2, 0.25) is 5.91 Å². The summed E-state index contributed by atoms with van der Waals surface area (Å²) in [5.74, 6) is 0.531. The SMILES string of the molecule is O=C(NCC(=O)N1CCCc2ccccc21)NC1CCOC1C1CC1. The Morgan fingerprint density at radius 2 is 2.04 bits per heavy atom. The van der Waals surface area contributed by atoms with Crippen LogP contribution in [0.15, 0.2) is 24.3 Å². The molecular weight excluding hydrogens is 318 g/mol. The molecule has 0 radical (unpaired) electrons. The molecule has 2 fully saturated rings. The standard InChI is InChI=1S/C19H25N3O3/c23-17(22-10-3-5-13-4-1-2-6-16(13)22)12-20-19(24)21-15-9-11-25-18(15)14-7-8-14/h1-2,4,6,14-15,18H,3,5,7-12H2,(H2,20,21,24). The molecule has 1 saturated heterocycles. The van der Waals surface area contributed by atoms with Gasteiger partial charge in [-0.15, -0.1) is 0 Å². The van der Waals surface area contributed by atoms with E-state index in [1.54, 1.807) is 4.90 Å². The third-order valence-electron chi connectivity index (χ3n) is 5.35. The molecule has 2 N–H and O–H groups in total. The molecule has 0 aromatic heterocycles. The van der Waals surface area contributed by atoms with Crippen molar-refractivity contribution >= 4 is 17.6 Å². The summed E-state index contributed by atoms with van der Waals surface area (Å²) >= 11 is 0. The van der Waals surface area contributed by atoms with E-state index in [-0.39, 0.29) is 30.6 Å². The van der Waals surface area contributed by atoms with Crippen LogP contribution in [0.5, 0.6) is 0 Å². The quantitative estimate of drug-likeness (QED) is 0.876. The van der Waals surface area contributed by atoms with Crippen LogP contribution in [0, 0.1) is 5.92 Å². The first-order chi connectivity index (χ1) is 12.2. The molecule has 1 aromatic carbocycles. The minimum atomic E-state index is -0.278. The van der Waals surface area contributed by atoms with Gasteiger partial charge in [-0.25, -0.2) is 4.79 Å². The van der Waals surface area contributed by atoms with E-state index in [1.807, 2.05) is 18.2 Å². The number of para-hydroxylation sites is 1. The van der Waals surface area contributed by atoms with Crippen LogP contribution in [-0.2, 0) is 16.0 Å². The smallest absolute Gasteiger partial charge is 0.315 e. The summed E-state index contributed by atoms with van der Waals surface area (Å²) < 4.78 is 5.73. The van der Waals surface area contributed by atoms with Crippen LogP contribution in [0.2, 0.25) is 0 Å². The molecular formula is C19H25N3O3. The van der Waals surface area contributed by atoms with E-state index in [1.165, 1.54) is 18.4 Å². The van der Waals surface area contributed by atoms with Gasteiger partial charge >= 0.3 is 6.03 Å². The highest BCUT2D eigenvalue weighted by molar-refractivity contribution is 5.97. The van der Waals surface area contributed by atoms with Crippen LogP contribution >= 0.6 is 0 Å². The second-order valence-corrected chi connectivity index (χ2v) is 7.17. The minimum Gasteiger partial charge on any atom is -0.376 e. The predicted molar refractivity (Wildman–Crippen MR) is 94.5 cm³/mol. The fourth-order valence-electron chi connectivity index (χ4n) is 3.92. The number of benzene rings is 1. The zero-order chi connectivity index (χ0) is 17.2. The highest BCUT2D eigenvalue weighted by Crippen LogP contribution is 2.38. The lowest BCUT2D eigenvalue weighted by Crippen LogP contribution is -2.49. The maximum Gasteiger partial charge on any atom is 0.315 e. The molecule has 1 saturated carbocycles. The van der Waals surface area contributed by atoms with Crippen molar-refractivity contribution in [1.82, 2.24) is 10.6 Å². The molecule has 6 nitrogen and oxygen atoms in total. The molecule has 4 rings (SSSR count). The Hall–Kier alpha value is -2.08. The van der Waals surface area contributed by atoms with Crippen molar-refractivity contribution in [2.45, 2.75) is 44.2 Å². The van der Waals surface area contributed by atoms with Crippen LogP contribution in [0.1, 0.15) is 31.2 Å². The Kier molecular flexibility index (Phi) is 4.61. The number of rotatable bonds is 4. The van der Waals surface area contributed by atoms with Crippen LogP contribution < -0.4 is 15.5 Å². The molecule has 2 atom stereocenters. The summed E-state index contributed by atoms with van der Waals surface area (Å²) in [5.41, 5.74) is 2.17. The first-order valence-electron chi connectivity index (χ1n) is 9.26. The van der Waals surface area contributed by atoms with Crippen LogP contribution in [0.3, 0.4) is 0 Å². The maximum atomic E-state index is 12.5. The molecule has 0 spiro atoms. The molecule has 3 amide bonds. The molecule has 2 heterocycles. The second-order valence-electron chi connectivity index (χ2n) is 7.17. The molecule has 3 aliphatic rings. The van der Waals surface area contributed by atoms with E-state index < -0.39 is 0 Å². The average molecular weight is 343 g/mol. The van der Waals surface area contributed by atoms with Crippen molar-refractivity contribution in [2.75, 3.05) is 24.6 Å². The lowest BCUT2D eigenvalue weighted by Gasteiger charge is -2.29. The number of carbonyl (C=O) groups excluding carboxylic acids is 2. The van der Waals surface area contributed by atoms with Gasteiger partial charge in [-0.05, 0) is 49.7 Å². The third kappa shape index (κ3) is 3.63.